The molecule has 2 aliphatic heterocycles. The molecule has 0 radical (unpaired) electrons. The second kappa shape index (κ2) is 7.76. The van der Waals surface area contributed by atoms with Gasteiger partial charge in [0.2, 0.25) is 0 Å². The molecule has 0 amide bonds. The molecule has 2 saturated heterocycles. The Kier molecular flexibility index (Phi) is 5.22. The van der Waals surface area contributed by atoms with Crippen molar-refractivity contribution < 1.29 is 8.81 Å². The zero-order chi connectivity index (χ0) is 17.9. The zero-order valence-electron chi connectivity index (χ0n) is 14.7. The molecule has 6 heteroatoms. The standard InChI is InChI=1S/C20H24FN3OS/c21-14-6-8-15(9-7-14)22-20(26)23-16-11-17-3-1-4-18(12-16)24(17)13-19-5-2-10-25-19/h2,5-10,16-18H,1,3-4,11-13H2,(H2,22,23,26). The van der Waals surface area contributed by atoms with Gasteiger partial charge in [0.15, 0.2) is 5.11 Å². The minimum Gasteiger partial charge on any atom is -0.468 e. The van der Waals surface area contributed by atoms with Crippen molar-refractivity contribution in [2.24, 2.45) is 0 Å². The van der Waals surface area contributed by atoms with Gasteiger partial charge in [-0.15, -0.1) is 0 Å². The van der Waals surface area contributed by atoms with Crippen molar-refractivity contribution in [1.29, 1.82) is 0 Å². The maximum atomic E-state index is 13.0. The Morgan fingerprint density at radius 3 is 2.54 bits per heavy atom. The summed E-state index contributed by atoms with van der Waals surface area (Å²) in [4.78, 5) is 2.61. The van der Waals surface area contributed by atoms with Crippen molar-refractivity contribution in [2.45, 2.75) is 56.8 Å². The van der Waals surface area contributed by atoms with Gasteiger partial charge in [-0.05, 0) is 74.3 Å². The number of fused-ring (bicyclic) bond motifs is 2. The monoisotopic (exact) mass is 373 g/mol. The summed E-state index contributed by atoms with van der Waals surface area (Å²) in [6.07, 6.45) is 7.68. The van der Waals surface area contributed by atoms with Gasteiger partial charge in [0, 0.05) is 23.8 Å². The van der Waals surface area contributed by atoms with Crippen LogP contribution in [0.15, 0.2) is 47.1 Å². The lowest BCUT2D eigenvalue weighted by molar-refractivity contribution is 0.0161. The van der Waals surface area contributed by atoms with E-state index in [0.29, 0.717) is 23.2 Å². The van der Waals surface area contributed by atoms with Crippen LogP contribution in [0.3, 0.4) is 0 Å². The molecule has 3 heterocycles. The lowest BCUT2D eigenvalue weighted by Crippen LogP contribution is -2.56. The van der Waals surface area contributed by atoms with Gasteiger partial charge in [0.25, 0.3) is 0 Å². The molecule has 2 fully saturated rings. The van der Waals surface area contributed by atoms with Crippen LogP contribution in [-0.4, -0.2) is 28.1 Å². The molecule has 0 spiro atoms. The molecule has 2 bridgehead atoms. The molecule has 0 saturated carbocycles. The molecule has 2 aromatic rings. The highest BCUT2D eigenvalue weighted by atomic mass is 32.1. The molecule has 2 unspecified atom stereocenters. The summed E-state index contributed by atoms with van der Waals surface area (Å²) in [6.45, 7) is 0.896. The number of benzene rings is 1. The van der Waals surface area contributed by atoms with Crippen molar-refractivity contribution in [3.8, 4) is 0 Å². The second-order valence-corrected chi connectivity index (χ2v) is 7.67. The van der Waals surface area contributed by atoms with E-state index in [9.17, 15) is 4.39 Å². The second-order valence-electron chi connectivity index (χ2n) is 7.26. The normalized spacial score (nSPS) is 25.7. The summed E-state index contributed by atoms with van der Waals surface area (Å²) in [5.74, 6) is 0.799. The van der Waals surface area contributed by atoms with E-state index in [4.69, 9.17) is 16.6 Å². The summed E-state index contributed by atoms with van der Waals surface area (Å²) in [7, 11) is 0. The van der Waals surface area contributed by atoms with Gasteiger partial charge in [0.1, 0.15) is 11.6 Å². The first-order valence-corrected chi connectivity index (χ1v) is 9.69. The SMILES string of the molecule is Fc1ccc(NC(=S)NC2CC3CCCC(C2)N3Cc2ccco2)cc1. The number of hydrogen-bond donors (Lipinski definition) is 2. The average molecular weight is 373 g/mol. The molecule has 138 valence electrons. The Bertz CT molecular complexity index is 720. The topological polar surface area (TPSA) is 40.4 Å². The fourth-order valence-corrected chi connectivity index (χ4v) is 4.61. The molecule has 26 heavy (non-hydrogen) atoms. The largest absolute Gasteiger partial charge is 0.468 e. The third-order valence-corrected chi connectivity index (χ3v) is 5.70. The van der Waals surface area contributed by atoms with Gasteiger partial charge >= 0.3 is 0 Å². The number of halogens is 1. The highest BCUT2D eigenvalue weighted by Gasteiger charge is 2.38. The van der Waals surface area contributed by atoms with Crippen LogP contribution < -0.4 is 10.6 Å². The maximum absolute atomic E-state index is 13.0. The maximum Gasteiger partial charge on any atom is 0.170 e. The van der Waals surface area contributed by atoms with Crippen molar-refractivity contribution in [3.63, 3.8) is 0 Å². The number of nitrogens with zero attached hydrogens (tertiary/aromatic N) is 1. The van der Waals surface area contributed by atoms with Crippen LogP contribution in [0.1, 0.15) is 37.9 Å². The van der Waals surface area contributed by atoms with E-state index in [0.717, 1.165) is 30.8 Å². The van der Waals surface area contributed by atoms with Crippen LogP contribution in [0.5, 0.6) is 0 Å². The molecule has 2 N–H and O–H groups in total. The molecule has 1 aromatic heterocycles. The van der Waals surface area contributed by atoms with E-state index < -0.39 is 0 Å². The summed E-state index contributed by atoms with van der Waals surface area (Å²) in [5.41, 5.74) is 0.805. The Balaban J connectivity index is 1.34. The fraction of sp³-hybridized carbons (Fsp3) is 0.450. The van der Waals surface area contributed by atoms with Crippen molar-refractivity contribution in [2.75, 3.05) is 5.32 Å². The number of thiocarbonyl (C=S) groups is 1. The predicted octanol–water partition coefficient (Wildman–Crippen LogP) is 4.29. The van der Waals surface area contributed by atoms with E-state index in [1.165, 1.54) is 31.4 Å². The van der Waals surface area contributed by atoms with E-state index in [1.54, 1.807) is 18.4 Å². The van der Waals surface area contributed by atoms with Gasteiger partial charge in [0.05, 0.1) is 12.8 Å². The van der Waals surface area contributed by atoms with Gasteiger partial charge < -0.3 is 15.1 Å². The number of anilines is 1. The molecule has 4 rings (SSSR count). The van der Waals surface area contributed by atoms with Crippen LogP contribution >= 0.6 is 12.2 Å². The van der Waals surface area contributed by atoms with Crippen LogP contribution in [0.4, 0.5) is 10.1 Å². The summed E-state index contributed by atoms with van der Waals surface area (Å²) >= 11 is 5.46. The van der Waals surface area contributed by atoms with Crippen LogP contribution in [-0.2, 0) is 6.54 Å². The van der Waals surface area contributed by atoms with E-state index >= 15 is 0 Å². The Hall–Kier alpha value is -1.92. The van der Waals surface area contributed by atoms with E-state index in [-0.39, 0.29) is 5.82 Å². The first kappa shape index (κ1) is 17.5. The highest BCUT2D eigenvalue weighted by molar-refractivity contribution is 7.80. The molecule has 0 aliphatic carbocycles. The van der Waals surface area contributed by atoms with E-state index in [1.807, 2.05) is 6.07 Å². The first-order valence-electron chi connectivity index (χ1n) is 9.28. The van der Waals surface area contributed by atoms with Gasteiger partial charge in [-0.3, -0.25) is 4.90 Å². The lowest BCUT2D eigenvalue weighted by atomic mass is 9.81. The zero-order valence-corrected chi connectivity index (χ0v) is 15.5. The van der Waals surface area contributed by atoms with E-state index in [2.05, 4.69) is 21.6 Å². The number of nitrogens with one attached hydrogen (secondary N) is 2. The third kappa shape index (κ3) is 4.07. The minimum atomic E-state index is -0.244. The molecular formula is C20H24FN3OS. The number of rotatable bonds is 4. The van der Waals surface area contributed by atoms with Crippen LogP contribution in [0, 0.1) is 5.82 Å². The third-order valence-electron chi connectivity index (χ3n) is 5.48. The molecule has 2 atom stereocenters. The van der Waals surface area contributed by atoms with Crippen LogP contribution in [0.2, 0.25) is 0 Å². The molecule has 1 aromatic carbocycles. The van der Waals surface area contributed by atoms with Crippen molar-refractivity contribution in [3.05, 3.63) is 54.2 Å². The molecular weight excluding hydrogens is 349 g/mol. The van der Waals surface area contributed by atoms with Crippen molar-refractivity contribution >= 4 is 23.0 Å². The number of piperidine rings is 2. The Labute approximate surface area is 158 Å². The first-order chi connectivity index (χ1) is 12.7. The lowest BCUT2D eigenvalue weighted by Gasteiger charge is -2.48. The smallest absolute Gasteiger partial charge is 0.170 e. The van der Waals surface area contributed by atoms with Crippen molar-refractivity contribution in [1.82, 2.24) is 10.2 Å². The summed E-state index contributed by atoms with van der Waals surface area (Å²) in [5, 5.41) is 7.23. The quantitative estimate of drug-likeness (QED) is 0.783. The summed E-state index contributed by atoms with van der Waals surface area (Å²) in [6, 6.07) is 11.8. The highest BCUT2D eigenvalue weighted by Crippen LogP contribution is 2.35. The Morgan fingerprint density at radius 1 is 1.15 bits per heavy atom. The van der Waals surface area contributed by atoms with Gasteiger partial charge in [-0.1, -0.05) is 6.42 Å². The number of furan rings is 1. The van der Waals surface area contributed by atoms with Gasteiger partial charge in [-0.2, -0.15) is 0 Å². The van der Waals surface area contributed by atoms with Crippen LogP contribution in [0.25, 0.3) is 0 Å². The number of hydrogen-bond acceptors (Lipinski definition) is 3. The minimum absolute atomic E-state index is 0.244. The molecule has 2 aliphatic rings. The van der Waals surface area contributed by atoms with Gasteiger partial charge in [-0.25, -0.2) is 4.39 Å². The fourth-order valence-electron chi connectivity index (χ4n) is 4.32. The Morgan fingerprint density at radius 2 is 1.88 bits per heavy atom. The predicted molar refractivity (Wildman–Crippen MR) is 104 cm³/mol. The average Bonchev–Trinajstić information content (AvgIpc) is 3.11. The summed E-state index contributed by atoms with van der Waals surface area (Å²) < 4.78 is 18.6. The molecule has 4 nitrogen and oxygen atoms in total.